The van der Waals surface area contributed by atoms with Crippen LogP contribution in [0.3, 0.4) is 0 Å². The van der Waals surface area contributed by atoms with Gasteiger partial charge in [-0.3, -0.25) is 0 Å². The standard InChI is InChI=1S/C10H15N3O4/c1-4-16-9(14)8-11-6-7-13(8)12(3)10(15)17-5-2/h6-7H,4-5H2,1-3H3. The predicted molar refractivity (Wildman–Crippen MR) is 59.3 cm³/mol. The van der Waals surface area contributed by atoms with Crippen molar-refractivity contribution in [1.82, 2.24) is 9.66 Å². The zero-order valence-electron chi connectivity index (χ0n) is 10.0. The van der Waals surface area contributed by atoms with E-state index in [1.165, 1.54) is 24.1 Å². The van der Waals surface area contributed by atoms with Gasteiger partial charge in [0.15, 0.2) is 0 Å². The van der Waals surface area contributed by atoms with Crippen LogP contribution >= 0.6 is 0 Å². The number of hydrogen-bond acceptors (Lipinski definition) is 5. The zero-order valence-corrected chi connectivity index (χ0v) is 10.0. The number of ether oxygens (including phenoxy) is 2. The van der Waals surface area contributed by atoms with Gasteiger partial charge in [0.05, 0.1) is 13.2 Å². The molecule has 1 rings (SSSR count). The van der Waals surface area contributed by atoms with Gasteiger partial charge in [-0.1, -0.05) is 0 Å². The van der Waals surface area contributed by atoms with Crippen LogP contribution in [0.15, 0.2) is 12.4 Å². The summed E-state index contributed by atoms with van der Waals surface area (Å²) in [5.41, 5.74) is 0. The van der Waals surface area contributed by atoms with Crippen molar-refractivity contribution in [3.63, 3.8) is 0 Å². The first kappa shape index (κ1) is 13.0. The number of hydrogen-bond donors (Lipinski definition) is 0. The molecule has 0 unspecified atom stereocenters. The van der Waals surface area contributed by atoms with E-state index in [0.717, 1.165) is 5.01 Å². The maximum absolute atomic E-state index is 11.5. The lowest BCUT2D eigenvalue weighted by atomic mass is 10.6. The second kappa shape index (κ2) is 5.88. The number of imidazole rings is 1. The predicted octanol–water partition coefficient (Wildman–Crippen LogP) is 0.784. The molecule has 0 N–H and O–H groups in total. The van der Waals surface area contributed by atoms with Gasteiger partial charge in [0.25, 0.3) is 0 Å². The van der Waals surface area contributed by atoms with E-state index in [1.54, 1.807) is 13.8 Å². The van der Waals surface area contributed by atoms with Crippen molar-refractivity contribution in [1.29, 1.82) is 0 Å². The summed E-state index contributed by atoms with van der Waals surface area (Å²) < 4.78 is 10.9. The third-order valence-corrected chi connectivity index (χ3v) is 1.93. The lowest BCUT2D eigenvalue weighted by molar-refractivity contribution is 0.0506. The van der Waals surface area contributed by atoms with Crippen LogP contribution < -0.4 is 5.01 Å². The third kappa shape index (κ3) is 2.96. The number of rotatable bonds is 4. The average Bonchev–Trinajstić information content (AvgIpc) is 2.77. The molecule has 0 aromatic carbocycles. The van der Waals surface area contributed by atoms with Crippen LogP contribution in [0, 0.1) is 0 Å². The molecular formula is C10H15N3O4. The fourth-order valence-electron chi connectivity index (χ4n) is 1.19. The molecule has 94 valence electrons. The van der Waals surface area contributed by atoms with Crippen molar-refractivity contribution in [3.8, 4) is 0 Å². The van der Waals surface area contributed by atoms with Gasteiger partial charge in [-0.15, -0.1) is 0 Å². The highest BCUT2D eigenvalue weighted by atomic mass is 16.6. The van der Waals surface area contributed by atoms with E-state index < -0.39 is 12.1 Å². The molecule has 7 heteroatoms. The SMILES string of the molecule is CCOC(=O)c1nccn1N(C)C(=O)OCC. The number of carbonyl (C=O) groups excluding carboxylic acids is 2. The summed E-state index contributed by atoms with van der Waals surface area (Å²) in [6.07, 6.45) is 2.31. The molecule has 7 nitrogen and oxygen atoms in total. The van der Waals surface area contributed by atoms with Crippen molar-refractivity contribution in [3.05, 3.63) is 18.2 Å². The molecule has 0 saturated heterocycles. The Kier molecular flexibility index (Phi) is 4.50. The Morgan fingerprint density at radius 2 is 2.00 bits per heavy atom. The normalized spacial score (nSPS) is 9.82. The molecule has 0 fully saturated rings. The summed E-state index contributed by atoms with van der Waals surface area (Å²) in [5, 5.41) is 1.14. The Balaban J connectivity index is 2.87. The third-order valence-electron chi connectivity index (χ3n) is 1.93. The molecule has 0 saturated carbocycles. The fourth-order valence-corrected chi connectivity index (χ4v) is 1.19. The summed E-state index contributed by atoms with van der Waals surface area (Å²) in [4.78, 5) is 26.8. The van der Waals surface area contributed by atoms with Crippen LogP contribution in [0.1, 0.15) is 24.5 Å². The minimum absolute atomic E-state index is 0.0300. The molecule has 17 heavy (non-hydrogen) atoms. The largest absolute Gasteiger partial charge is 0.460 e. The maximum atomic E-state index is 11.5. The fraction of sp³-hybridized carbons (Fsp3) is 0.500. The van der Waals surface area contributed by atoms with Gasteiger partial charge in [-0.2, -0.15) is 0 Å². The van der Waals surface area contributed by atoms with Crippen molar-refractivity contribution in [2.45, 2.75) is 13.8 Å². The second-order valence-corrected chi connectivity index (χ2v) is 3.04. The average molecular weight is 241 g/mol. The highest BCUT2D eigenvalue weighted by molar-refractivity contribution is 5.87. The van der Waals surface area contributed by atoms with Crippen LogP contribution in [0.5, 0.6) is 0 Å². The van der Waals surface area contributed by atoms with E-state index in [0.29, 0.717) is 0 Å². The molecule has 0 bridgehead atoms. The number of amides is 1. The van der Waals surface area contributed by atoms with Crippen molar-refractivity contribution >= 4 is 12.1 Å². The molecule has 1 aromatic heterocycles. The Labute approximate surface area is 98.9 Å². The highest BCUT2D eigenvalue weighted by Crippen LogP contribution is 2.02. The van der Waals surface area contributed by atoms with E-state index in [4.69, 9.17) is 9.47 Å². The summed E-state index contributed by atoms with van der Waals surface area (Å²) in [7, 11) is 1.47. The number of nitrogens with zero attached hydrogens (tertiary/aromatic N) is 3. The second-order valence-electron chi connectivity index (χ2n) is 3.04. The minimum atomic E-state index is -0.589. The van der Waals surface area contributed by atoms with Crippen molar-refractivity contribution < 1.29 is 19.1 Å². The first-order valence-electron chi connectivity index (χ1n) is 5.23. The van der Waals surface area contributed by atoms with Crippen LogP contribution in [0.2, 0.25) is 0 Å². The van der Waals surface area contributed by atoms with Gasteiger partial charge in [0.2, 0.25) is 5.82 Å². The van der Waals surface area contributed by atoms with Gasteiger partial charge < -0.3 is 9.47 Å². The molecule has 1 amide bonds. The smallest absolute Gasteiger partial charge is 0.428 e. The van der Waals surface area contributed by atoms with Crippen LogP contribution in [-0.2, 0) is 9.47 Å². The van der Waals surface area contributed by atoms with E-state index in [2.05, 4.69) is 4.98 Å². The van der Waals surface area contributed by atoms with E-state index in [9.17, 15) is 9.59 Å². The Bertz CT molecular complexity index is 402. The molecule has 0 aliphatic carbocycles. The van der Waals surface area contributed by atoms with E-state index >= 15 is 0 Å². The summed E-state index contributed by atoms with van der Waals surface area (Å²) >= 11 is 0. The quantitative estimate of drug-likeness (QED) is 0.728. The Hall–Kier alpha value is -2.05. The molecular weight excluding hydrogens is 226 g/mol. The summed E-state index contributed by atoms with van der Waals surface area (Å²) in [6.45, 7) is 3.90. The topological polar surface area (TPSA) is 73.7 Å². The summed E-state index contributed by atoms with van der Waals surface area (Å²) in [5.74, 6) is -0.559. The molecule has 0 aliphatic rings. The van der Waals surface area contributed by atoms with Gasteiger partial charge >= 0.3 is 12.1 Å². The monoisotopic (exact) mass is 241 g/mol. The van der Waals surface area contributed by atoms with Crippen LogP contribution in [0.4, 0.5) is 4.79 Å². The number of esters is 1. The summed E-state index contributed by atoms with van der Waals surface area (Å²) in [6, 6.07) is 0. The van der Waals surface area contributed by atoms with Crippen molar-refractivity contribution in [2.75, 3.05) is 25.3 Å². The highest BCUT2D eigenvalue weighted by Gasteiger charge is 2.20. The lowest BCUT2D eigenvalue weighted by Crippen LogP contribution is -2.38. The van der Waals surface area contributed by atoms with Gasteiger partial charge in [-0.25, -0.2) is 24.3 Å². The molecule has 1 heterocycles. The van der Waals surface area contributed by atoms with Crippen molar-refractivity contribution in [2.24, 2.45) is 0 Å². The van der Waals surface area contributed by atoms with Crippen LogP contribution in [0.25, 0.3) is 0 Å². The Morgan fingerprint density at radius 1 is 1.35 bits per heavy atom. The van der Waals surface area contributed by atoms with E-state index in [-0.39, 0.29) is 19.0 Å². The molecule has 0 atom stereocenters. The van der Waals surface area contributed by atoms with Gasteiger partial charge in [-0.05, 0) is 13.8 Å². The molecule has 0 spiro atoms. The van der Waals surface area contributed by atoms with Gasteiger partial charge in [0, 0.05) is 19.4 Å². The Morgan fingerprint density at radius 3 is 2.59 bits per heavy atom. The van der Waals surface area contributed by atoms with Gasteiger partial charge in [0.1, 0.15) is 0 Å². The molecule has 0 radical (unpaired) electrons. The number of carbonyl (C=O) groups is 2. The first-order valence-corrected chi connectivity index (χ1v) is 5.23. The molecule has 1 aromatic rings. The first-order chi connectivity index (χ1) is 8.11. The van der Waals surface area contributed by atoms with E-state index in [1.807, 2.05) is 0 Å². The molecule has 0 aliphatic heterocycles. The number of aromatic nitrogens is 2. The zero-order chi connectivity index (χ0) is 12.8. The maximum Gasteiger partial charge on any atom is 0.428 e. The lowest BCUT2D eigenvalue weighted by Gasteiger charge is -2.18. The van der Waals surface area contributed by atoms with Crippen LogP contribution in [-0.4, -0.2) is 42.0 Å². The minimum Gasteiger partial charge on any atom is -0.460 e.